The van der Waals surface area contributed by atoms with Crippen molar-refractivity contribution >= 4 is 17.5 Å². The van der Waals surface area contributed by atoms with Crippen LogP contribution in [0.3, 0.4) is 0 Å². The summed E-state index contributed by atoms with van der Waals surface area (Å²) >= 11 is 0. The molecule has 1 N–H and O–H groups in total. The van der Waals surface area contributed by atoms with Crippen molar-refractivity contribution in [1.82, 2.24) is 10.2 Å². The molecule has 2 aliphatic rings. The van der Waals surface area contributed by atoms with E-state index in [0.29, 0.717) is 18.7 Å². The van der Waals surface area contributed by atoms with Crippen molar-refractivity contribution in [2.24, 2.45) is 0 Å². The molecule has 136 valence electrons. The highest BCUT2D eigenvalue weighted by Gasteiger charge is 2.26. The van der Waals surface area contributed by atoms with Crippen LogP contribution < -0.4 is 15.0 Å². The van der Waals surface area contributed by atoms with Gasteiger partial charge in [0.25, 0.3) is 5.91 Å². The summed E-state index contributed by atoms with van der Waals surface area (Å²) in [6.07, 6.45) is 3.50. The molecule has 25 heavy (non-hydrogen) atoms. The number of carbonyl (C=O) groups excluding carboxylic acids is 2. The molecule has 0 aliphatic carbocycles. The minimum atomic E-state index is -0.0978. The molecule has 1 saturated heterocycles. The van der Waals surface area contributed by atoms with Gasteiger partial charge in [-0.2, -0.15) is 0 Å². The van der Waals surface area contributed by atoms with E-state index in [0.717, 1.165) is 38.2 Å². The van der Waals surface area contributed by atoms with E-state index in [1.165, 1.54) is 6.42 Å². The molecule has 0 unspecified atom stereocenters. The first-order chi connectivity index (χ1) is 12.2. The van der Waals surface area contributed by atoms with Crippen LogP contribution in [0.1, 0.15) is 32.6 Å². The van der Waals surface area contributed by atoms with E-state index < -0.39 is 0 Å². The largest absolute Gasteiger partial charge is 0.482 e. The van der Waals surface area contributed by atoms with Gasteiger partial charge in [0, 0.05) is 32.1 Å². The second-order valence-electron chi connectivity index (χ2n) is 6.74. The molecule has 0 saturated carbocycles. The van der Waals surface area contributed by atoms with Gasteiger partial charge in [0.1, 0.15) is 5.75 Å². The average molecular weight is 345 g/mol. The van der Waals surface area contributed by atoms with Gasteiger partial charge in [-0.1, -0.05) is 19.1 Å². The van der Waals surface area contributed by atoms with Crippen molar-refractivity contribution in [3.63, 3.8) is 0 Å². The zero-order valence-corrected chi connectivity index (χ0v) is 14.9. The van der Waals surface area contributed by atoms with E-state index in [4.69, 9.17) is 4.74 Å². The Morgan fingerprint density at radius 3 is 2.76 bits per heavy atom. The molecule has 0 radical (unpaired) electrons. The fourth-order valence-electron chi connectivity index (χ4n) is 3.53. The van der Waals surface area contributed by atoms with Gasteiger partial charge in [0.05, 0.1) is 5.69 Å². The molecule has 1 aromatic rings. The summed E-state index contributed by atoms with van der Waals surface area (Å²) in [6, 6.07) is 7.71. The second kappa shape index (κ2) is 8.34. The maximum atomic E-state index is 12.3. The number of anilines is 1. The Balaban J connectivity index is 1.47. The Morgan fingerprint density at radius 1 is 1.24 bits per heavy atom. The first-order valence-electron chi connectivity index (χ1n) is 9.21. The molecular formula is C19H27N3O3. The van der Waals surface area contributed by atoms with E-state index in [2.05, 4.69) is 17.1 Å². The van der Waals surface area contributed by atoms with Crippen molar-refractivity contribution in [3.8, 4) is 5.75 Å². The third-order valence-corrected chi connectivity index (χ3v) is 4.86. The topological polar surface area (TPSA) is 61.9 Å². The van der Waals surface area contributed by atoms with E-state index in [1.54, 1.807) is 4.90 Å². The number of nitrogens with zero attached hydrogens (tertiary/aromatic N) is 2. The molecule has 0 atom stereocenters. The first kappa shape index (κ1) is 17.7. The number of benzene rings is 1. The van der Waals surface area contributed by atoms with Crippen LogP contribution in [0, 0.1) is 0 Å². The molecule has 2 amide bonds. The van der Waals surface area contributed by atoms with E-state index in [-0.39, 0.29) is 24.5 Å². The van der Waals surface area contributed by atoms with Gasteiger partial charge in [-0.25, -0.2) is 0 Å². The smallest absolute Gasteiger partial charge is 0.265 e. The molecule has 2 heterocycles. The number of piperidine rings is 1. The third kappa shape index (κ3) is 4.51. The van der Waals surface area contributed by atoms with E-state index in [1.807, 2.05) is 24.3 Å². The normalized spacial score (nSPS) is 18.6. The average Bonchev–Trinajstić information content (AvgIpc) is 2.63. The van der Waals surface area contributed by atoms with Crippen molar-refractivity contribution in [2.45, 2.75) is 38.6 Å². The SMILES string of the molecule is CCCN1CCC(NC(=O)CCN2C(=O)COc3ccccc32)CC1. The van der Waals surface area contributed by atoms with Crippen LogP contribution in [0.25, 0.3) is 0 Å². The number of fused-ring (bicyclic) bond motifs is 1. The Morgan fingerprint density at radius 2 is 2.00 bits per heavy atom. The lowest BCUT2D eigenvalue weighted by Crippen LogP contribution is -2.46. The highest BCUT2D eigenvalue weighted by Crippen LogP contribution is 2.31. The first-order valence-corrected chi connectivity index (χ1v) is 9.21. The molecular weight excluding hydrogens is 318 g/mol. The summed E-state index contributed by atoms with van der Waals surface area (Å²) in [6.45, 7) is 5.86. The fraction of sp³-hybridized carbons (Fsp3) is 0.579. The van der Waals surface area contributed by atoms with Crippen molar-refractivity contribution in [1.29, 1.82) is 0 Å². The number of hydrogen-bond donors (Lipinski definition) is 1. The summed E-state index contributed by atoms with van der Waals surface area (Å²) < 4.78 is 5.43. The third-order valence-electron chi connectivity index (χ3n) is 4.86. The van der Waals surface area contributed by atoms with Gasteiger partial charge in [-0.3, -0.25) is 9.59 Å². The number of ether oxygens (including phenoxy) is 1. The summed E-state index contributed by atoms with van der Waals surface area (Å²) in [5, 5.41) is 3.13. The summed E-state index contributed by atoms with van der Waals surface area (Å²) in [5.41, 5.74) is 0.749. The molecule has 3 rings (SSSR count). The molecule has 0 spiro atoms. The van der Waals surface area contributed by atoms with Crippen LogP contribution in [-0.4, -0.2) is 55.5 Å². The summed E-state index contributed by atoms with van der Waals surface area (Å²) in [5.74, 6) is 0.621. The Bertz CT molecular complexity index is 612. The maximum absolute atomic E-state index is 12.3. The van der Waals surface area contributed by atoms with Gasteiger partial charge in [0.2, 0.25) is 5.91 Å². The zero-order chi connectivity index (χ0) is 17.6. The Kier molecular flexibility index (Phi) is 5.91. The maximum Gasteiger partial charge on any atom is 0.265 e. The molecule has 0 aromatic heterocycles. The number of rotatable bonds is 6. The zero-order valence-electron chi connectivity index (χ0n) is 14.9. The lowest BCUT2D eigenvalue weighted by Gasteiger charge is -2.32. The van der Waals surface area contributed by atoms with Crippen LogP contribution in [-0.2, 0) is 9.59 Å². The van der Waals surface area contributed by atoms with Crippen LogP contribution in [0.4, 0.5) is 5.69 Å². The standard InChI is InChI=1S/C19H27N3O3/c1-2-10-21-11-7-15(8-12-21)20-18(23)9-13-22-16-5-3-4-6-17(16)25-14-19(22)24/h3-6,15H,2,7-14H2,1H3,(H,20,23). The van der Waals surface area contributed by atoms with Gasteiger partial charge in [-0.05, 0) is 37.9 Å². The van der Waals surface area contributed by atoms with E-state index in [9.17, 15) is 9.59 Å². The number of nitrogens with one attached hydrogen (secondary N) is 1. The van der Waals surface area contributed by atoms with Crippen LogP contribution >= 0.6 is 0 Å². The predicted octanol–water partition coefficient (Wildman–Crippen LogP) is 1.79. The highest BCUT2D eigenvalue weighted by atomic mass is 16.5. The Hall–Kier alpha value is -2.08. The number of carbonyl (C=O) groups is 2. The molecule has 1 aromatic carbocycles. The fourth-order valence-corrected chi connectivity index (χ4v) is 3.53. The highest BCUT2D eigenvalue weighted by molar-refractivity contribution is 5.98. The predicted molar refractivity (Wildman–Crippen MR) is 96.8 cm³/mol. The number of hydrogen-bond acceptors (Lipinski definition) is 4. The number of likely N-dealkylation sites (tertiary alicyclic amines) is 1. The lowest BCUT2D eigenvalue weighted by molar-refractivity contribution is -0.122. The van der Waals surface area contributed by atoms with Gasteiger partial charge >= 0.3 is 0 Å². The van der Waals surface area contributed by atoms with E-state index >= 15 is 0 Å². The van der Waals surface area contributed by atoms with Crippen LogP contribution in [0.2, 0.25) is 0 Å². The van der Waals surface area contributed by atoms with Crippen molar-refractivity contribution in [3.05, 3.63) is 24.3 Å². The van der Waals surface area contributed by atoms with Crippen LogP contribution in [0.15, 0.2) is 24.3 Å². The summed E-state index contributed by atoms with van der Waals surface area (Å²) in [7, 11) is 0. The lowest BCUT2D eigenvalue weighted by atomic mass is 10.0. The molecule has 1 fully saturated rings. The van der Waals surface area contributed by atoms with Crippen LogP contribution in [0.5, 0.6) is 5.75 Å². The van der Waals surface area contributed by atoms with Crippen molar-refractivity contribution < 1.29 is 14.3 Å². The summed E-state index contributed by atoms with van der Waals surface area (Å²) in [4.78, 5) is 28.5. The second-order valence-corrected chi connectivity index (χ2v) is 6.74. The minimum absolute atomic E-state index is 0.0192. The number of para-hydroxylation sites is 2. The molecule has 2 aliphatic heterocycles. The Labute approximate surface area is 149 Å². The van der Waals surface area contributed by atoms with Gasteiger partial charge in [0.15, 0.2) is 6.61 Å². The quantitative estimate of drug-likeness (QED) is 0.854. The van der Waals surface area contributed by atoms with Crippen molar-refractivity contribution in [2.75, 3.05) is 37.7 Å². The minimum Gasteiger partial charge on any atom is -0.482 e. The number of amides is 2. The molecule has 6 nitrogen and oxygen atoms in total. The monoisotopic (exact) mass is 345 g/mol. The molecule has 6 heteroatoms. The van der Waals surface area contributed by atoms with Gasteiger partial charge < -0.3 is 19.9 Å². The molecule has 0 bridgehead atoms. The van der Waals surface area contributed by atoms with Gasteiger partial charge in [-0.15, -0.1) is 0 Å².